The van der Waals surface area contributed by atoms with Crippen LogP contribution < -0.4 is 0 Å². The molecule has 0 aromatic carbocycles. The van der Waals surface area contributed by atoms with Crippen LogP contribution in [0.5, 0.6) is 0 Å². The lowest BCUT2D eigenvalue weighted by Crippen LogP contribution is -2.43. The molecule has 2 aliphatic carbocycles. The second-order valence-corrected chi connectivity index (χ2v) is 5.96. The van der Waals surface area contributed by atoms with Crippen molar-refractivity contribution in [1.82, 2.24) is 4.90 Å². The van der Waals surface area contributed by atoms with E-state index in [-0.39, 0.29) is 0 Å². The topological polar surface area (TPSA) is 3.24 Å². The van der Waals surface area contributed by atoms with Gasteiger partial charge in [0.2, 0.25) is 0 Å². The zero-order valence-corrected chi connectivity index (χ0v) is 9.34. The van der Waals surface area contributed by atoms with E-state index in [2.05, 4.69) is 25.7 Å². The molecule has 0 N–H and O–H groups in total. The lowest BCUT2D eigenvalue weighted by atomic mass is 10.0. The van der Waals surface area contributed by atoms with Crippen LogP contribution in [0, 0.1) is 11.8 Å². The van der Waals surface area contributed by atoms with Crippen molar-refractivity contribution in [2.45, 2.75) is 52.0 Å². The standard InChI is InChI=1S/C12H23N/c1-12(2,3)13(8-10-4-5-10)9-11-6-7-11/h10-11H,4-9H2,1-3H3. The molecule has 0 aromatic heterocycles. The van der Waals surface area contributed by atoms with Gasteiger partial charge in [0, 0.05) is 18.6 Å². The summed E-state index contributed by atoms with van der Waals surface area (Å²) in [5, 5.41) is 0. The highest BCUT2D eigenvalue weighted by Gasteiger charge is 2.33. The molecule has 1 heteroatoms. The molecular weight excluding hydrogens is 158 g/mol. The van der Waals surface area contributed by atoms with Crippen molar-refractivity contribution in [3.05, 3.63) is 0 Å². The predicted molar refractivity (Wildman–Crippen MR) is 56.8 cm³/mol. The molecule has 0 atom stereocenters. The Balaban J connectivity index is 1.84. The maximum absolute atomic E-state index is 2.71. The Bertz CT molecular complexity index is 158. The van der Waals surface area contributed by atoms with Crippen molar-refractivity contribution in [3.8, 4) is 0 Å². The highest BCUT2D eigenvalue weighted by atomic mass is 15.2. The number of hydrogen-bond acceptors (Lipinski definition) is 1. The van der Waals surface area contributed by atoms with Crippen LogP contribution >= 0.6 is 0 Å². The summed E-state index contributed by atoms with van der Waals surface area (Å²) in [6.45, 7) is 9.80. The van der Waals surface area contributed by atoms with E-state index in [1.807, 2.05) is 0 Å². The lowest BCUT2D eigenvalue weighted by molar-refractivity contribution is 0.123. The highest BCUT2D eigenvalue weighted by Crippen LogP contribution is 2.36. The summed E-state index contributed by atoms with van der Waals surface area (Å²) in [4.78, 5) is 2.71. The maximum Gasteiger partial charge on any atom is 0.0125 e. The van der Waals surface area contributed by atoms with Gasteiger partial charge in [-0.2, -0.15) is 0 Å². The molecule has 0 spiro atoms. The van der Waals surface area contributed by atoms with Gasteiger partial charge in [0.15, 0.2) is 0 Å². The van der Waals surface area contributed by atoms with E-state index in [1.54, 1.807) is 0 Å². The van der Waals surface area contributed by atoms with Crippen LogP contribution in [0.2, 0.25) is 0 Å². The average molecular weight is 181 g/mol. The summed E-state index contributed by atoms with van der Waals surface area (Å²) in [5.74, 6) is 2.08. The minimum atomic E-state index is 0.394. The predicted octanol–water partition coefficient (Wildman–Crippen LogP) is 2.91. The minimum Gasteiger partial charge on any atom is -0.298 e. The summed E-state index contributed by atoms with van der Waals surface area (Å²) >= 11 is 0. The molecule has 0 amide bonds. The van der Waals surface area contributed by atoms with Crippen molar-refractivity contribution in [2.75, 3.05) is 13.1 Å². The van der Waals surface area contributed by atoms with Gasteiger partial charge in [-0.3, -0.25) is 4.90 Å². The fourth-order valence-electron chi connectivity index (χ4n) is 1.85. The third-order valence-corrected chi connectivity index (χ3v) is 3.30. The summed E-state index contributed by atoms with van der Waals surface area (Å²) in [7, 11) is 0. The zero-order chi connectivity index (χ0) is 9.47. The van der Waals surface area contributed by atoms with Gasteiger partial charge in [-0.25, -0.2) is 0 Å². The number of rotatable bonds is 4. The molecule has 2 saturated carbocycles. The van der Waals surface area contributed by atoms with E-state index in [9.17, 15) is 0 Å². The van der Waals surface area contributed by atoms with Crippen LogP contribution in [0.4, 0.5) is 0 Å². The Hall–Kier alpha value is -0.0400. The molecule has 2 aliphatic rings. The SMILES string of the molecule is CC(C)(C)N(CC1CC1)CC1CC1. The molecular formula is C12H23N. The van der Waals surface area contributed by atoms with Crippen LogP contribution in [-0.4, -0.2) is 23.5 Å². The van der Waals surface area contributed by atoms with Gasteiger partial charge in [-0.05, 0) is 58.3 Å². The Kier molecular flexibility index (Phi) is 2.39. The van der Waals surface area contributed by atoms with Crippen LogP contribution in [0.15, 0.2) is 0 Å². The molecule has 0 aliphatic heterocycles. The normalized spacial score (nSPS) is 24.0. The Morgan fingerprint density at radius 2 is 1.31 bits per heavy atom. The number of hydrogen-bond donors (Lipinski definition) is 0. The van der Waals surface area contributed by atoms with Gasteiger partial charge in [0.1, 0.15) is 0 Å². The second-order valence-electron chi connectivity index (χ2n) is 5.96. The zero-order valence-electron chi connectivity index (χ0n) is 9.34. The van der Waals surface area contributed by atoms with Crippen LogP contribution in [0.1, 0.15) is 46.5 Å². The monoisotopic (exact) mass is 181 g/mol. The first-order chi connectivity index (χ1) is 6.05. The van der Waals surface area contributed by atoms with Crippen molar-refractivity contribution < 1.29 is 0 Å². The molecule has 0 heterocycles. The smallest absolute Gasteiger partial charge is 0.0125 e. The van der Waals surface area contributed by atoms with Crippen molar-refractivity contribution in [3.63, 3.8) is 0 Å². The second kappa shape index (κ2) is 3.27. The lowest BCUT2D eigenvalue weighted by Gasteiger charge is -2.36. The van der Waals surface area contributed by atoms with Gasteiger partial charge in [-0.15, -0.1) is 0 Å². The van der Waals surface area contributed by atoms with E-state index < -0.39 is 0 Å². The van der Waals surface area contributed by atoms with Crippen molar-refractivity contribution in [2.24, 2.45) is 11.8 Å². The van der Waals surface area contributed by atoms with E-state index >= 15 is 0 Å². The Labute approximate surface area is 82.5 Å². The fourth-order valence-corrected chi connectivity index (χ4v) is 1.85. The molecule has 2 rings (SSSR count). The van der Waals surface area contributed by atoms with Crippen LogP contribution in [-0.2, 0) is 0 Å². The van der Waals surface area contributed by atoms with E-state index in [0.717, 1.165) is 11.8 Å². The molecule has 2 fully saturated rings. The molecule has 76 valence electrons. The quantitative estimate of drug-likeness (QED) is 0.644. The third kappa shape index (κ3) is 2.98. The van der Waals surface area contributed by atoms with E-state index in [4.69, 9.17) is 0 Å². The molecule has 0 bridgehead atoms. The van der Waals surface area contributed by atoms with Crippen LogP contribution in [0.25, 0.3) is 0 Å². The summed E-state index contributed by atoms with van der Waals surface area (Å²) in [6, 6.07) is 0. The summed E-state index contributed by atoms with van der Waals surface area (Å²) in [5.41, 5.74) is 0.394. The van der Waals surface area contributed by atoms with Gasteiger partial charge >= 0.3 is 0 Å². The molecule has 13 heavy (non-hydrogen) atoms. The van der Waals surface area contributed by atoms with E-state index in [0.29, 0.717) is 5.54 Å². The minimum absolute atomic E-state index is 0.394. The first-order valence-corrected chi connectivity index (χ1v) is 5.81. The van der Waals surface area contributed by atoms with Crippen molar-refractivity contribution >= 4 is 0 Å². The summed E-state index contributed by atoms with van der Waals surface area (Å²) in [6.07, 6.45) is 5.93. The molecule has 0 unspecified atom stereocenters. The third-order valence-electron chi connectivity index (χ3n) is 3.30. The Morgan fingerprint density at radius 1 is 0.923 bits per heavy atom. The van der Waals surface area contributed by atoms with Crippen molar-refractivity contribution in [1.29, 1.82) is 0 Å². The van der Waals surface area contributed by atoms with Gasteiger partial charge < -0.3 is 0 Å². The van der Waals surface area contributed by atoms with Gasteiger partial charge in [0.25, 0.3) is 0 Å². The molecule has 0 aromatic rings. The van der Waals surface area contributed by atoms with Gasteiger partial charge in [-0.1, -0.05) is 0 Å². The molecule has 1 nitrogen and oxygen atoms in total. The largest absolute Gasteiger partial charge is 0.298 e. The van der Waals surface area contributed by atoms with E-state index in [1.165, 1.54) is 38.8 Å². The number of nitrogens with zero attached hydrogens (tertiary/aromatic N) is 1. The average Bonchev–Trinajstić information content (AvgIpc) is 2.76. The fraction of sp³-hybridized carbons (Fsp3) is 1.00. The van der Waals surface area contributed by atoms with Crippen LogP contribution in [0.3, 0.4) is 0 Å². The molecule has 0 saturated heterocycles. The molecule has 0 radical (unpaired) electrons. The maximum atomic E-state index is 2.71. The summed E-state index contributed by atoms with van der Waals surface area (Å²) < 4.78 is 0. The van der Waals surface area contributed by atoms with Gasteiger partial charge in [0.05, 0.1) is 0 Å². The first kappa shape index (κ1) is 9.51. The Morgan fingerprint density at radius 3 is 1.54 bits per heavy atom. The highest BCUT2D eigenvalue weighted by molar-refractivity contribution is 4.87. The first-order valence-electron chi connectivity index (χ1n) is 5.81.